The number of ether oxygens (including phenoxy) is 2. The Labute approximate surface area is 154 Å². The molecule has 3 N–H and O–H groups in total. The van der Waals surface area contributed by atoms with E-state index in [1.807, 2.05) is 0 Å². The third-order valence-electron chi connectivity index (χ3n) is 3.13. The van der Waals surface area contributed by atoms with Crippen molar-refractivity contribution in [2.24, 2.45) is 10.2 Å². The Bertz CT molecular complexity index is 817. The minimum Gasteiger partial charge on any atom is -0.495 e. The van der Waals surface area contributed by atoms with E-state index in [2.05, 4.69) is 15.5 Å². The molecule has 0 saturated heterocycles. The zero-order chi connectivity index (χ0) is 18.6. The molecular weight excluding hydrogens is 367 g/mol. The summed E-state index contributed by atoms with van der Waals surface area (Å²) >= 11 is 12.3. The molecule has 9 heteroatoms. The van der Waals surface area contributed by atoms with E-state index >= 15 is 0 Å². The Morgan fingerprint density at radius 2 is 1.64 bits per heavy atom. The summed E-state index contributed by atoms with van der Waals surface area (Å²) in [4.78, 5) is 11.2. The number of rotatable bonds is 5. The highest BCUT2D eigenvalue weighted by Gasteiger charge is 2.11. The second-order valence-electron chi connectivity index (χ2n) is 4.93. The zero-order valence-electron chi connectivity index (χ0n) is 13.8. The molecule has 0 atom stereocenters. The van der Waals surface area contributed by atoms with Crippen LogP contribution in [-0.4, -0.2) is 20.1 Å². The lowest BCUT2D eigenvalue weighted by molar-refractivity contribution is -0.114. The largest absolute Gasteiger partial charge is 0.495 e. The summed E-state index contributed by atoms with van der Waals surface area (Å²) in [5.74, 6) is 0.609. The molecule has 0 heterocycles. The van der Waals surface area contributed by atoms with Crippen molar-refractivity contribution in [2.75, 3.05) is 25.3 Å². The molecule has 0 aliphatic carbocycles. The van der Waals surface area contributed by atoms with Crippen LogP contribution in [0.15, 0.2) is 34.5 Å². The van der Waals surface area contributed by atoms with Gasteiger partial charge in [-0.2, -0.15) is 5.11 Å². The highest BCUT2D eigenvalue weighted by Crippen LogP contribution is 2.39. The van der Waals surface area contributed by atoms with Crippen molar-refractivity contribution in [3.05, 3.63) is 34.3 Å². The maximum atomic E-state index is 11.2. The summed E-state index contributed by atoms with van der Waals surface area (Å²) < 4.78 is 10.4. The Kier molecular flexibility index (Phi) is 6.06. The molecule has 0 spiro atoms. The van der Waals surface area contributed by atoms with Gasteiger partial charge in [-0.3, -0.25) is 4.79 Å². The molecule has 0 fully saturated rings. The molecule has 1 amide bonds. The van der Waals surface area contributed by atoms with E-state index in [4.69, 9.17) is 38.4 Å². The fourth-order valence-electron chi connectivity index (χ4n) is 2.01. The number of azo groups is 1. The number of nitrogens with two attached hydrogens (primary N) is 1. The van der Waals surface area contributed by atoms with E-state index in [1.165, 1.54) is 33.3 Å². The molecular formula is C16H16Cl2N4O3. The molecule has 2 aromatic rings. The molecule has 2 aromatic carbocycles. The quantitative estimate of drug-likeness (QED) is 0.563. The molecule has 7 nitrogen and oxygen atoms in total. The number of halogens is 2. The van der Waals surface area contributed by atoms with Crippen molar-refractivity contribution in [1.82, 2.24) is 0 Å². The van der Waals surface area contributed by atoms with E-state index in [-0.39, 0.29) is 16.0 Å². The van der Waals surface area contributed by atoms with Crippen LogP contribution in [-0.2, 0) is 4.79 Å². The Morgan fingerprint density at radius 1 is 1.04 bits per heavy atom. The Morgan fingerprint density at radius 3 is 2.16 bits per heavy atom. The van der Waals surface area contributed by atoms with Crippen LogP contribution in [0.1, 0.15) is 6.92 Å². The summed E-state index contributed by atoms with van der Waals surface area (Å²) in [6.45, 7) is 1.36. The number of benzene rings is 2. The van der Waals surface area contributed by atoms with Crippen molar-refractivity contribution >= 4 is 51.9 Å². The Hall–Kier alpha value is -2.51. The standard InChI is InChI=1S/C16H16Cl2N4O3/c1-8(23)20-16-10(17)4-9(5-11(16)18)21-22-13-7-14(24-2)12(19)6-15(13)25-3/h4-7H,19H2,1-3H3,(H,20,23). The lowest BCUT2D eigenvalue weighted by Crippen LogP contribution is -2.06. The number of carbonyl (C=O) groups is 1. The van der Waals surface area contributed by atoms with Gasteiger partial charge in [-0.05, 0) is 12.1 Å². The zero-order valence-corrected chi connectivity index (χ0v) is 15.3. The van der Waals surface area contributed by atoms with Crippen molar-refractivity contribution in [2.45, 2.75) is 6.92 Å². The van der Waals surface area contributed by atoms with Crippen molar-refractivity contribution in [3.63, 3.8) is 0 Å². The van der Waals surface area contributed by atoms with E-state index < -0.39 is 0 Å². The number of nitrogens with zero attached hydrogens (tertiary/aromatic N) is 2. The van der Waals surface area contributed by atoms with Gasteiger partial charge in [-0.1, -0.05) is 23.2 Å². The summed E-state index contributed by atoms with van der Waals surface area (Å²) in [6, 6.07) is 6.26. The fourth-order valence-corrected chi connectivity index (χ4v) is 2.58. The number of nitrogens with one attached hydrogen (secondary N) is 1. The molecule has 25 heavy (non-hydrogen) atoms. The number of anilines is 2. The van der Waals surface area contributed by atoms with Crippen LogP contribution < -0.4 is 20.5 Å². The van der Waals surface area contributed by atoms with Gasteiger partial charge in [0.15, 0.2) is 0 Å². The van der Waals surface area contributed by atoms with Crippen LogP contribution in [0.2, 0.25) is 10.0 Å². The third-order valence-corrected chi connectivity index (χ3v) is 3.73. The second-order valence-corrected chi connectivity index (χ2v) is 5.75. The van der Waals surface area contributed by atoms with E-state index in [0.717, 1.165) is 0 Å². The SMILES string of the molecule is COc1cc(N=Nc2cc(Cl)c(NC(C)=O)c(Cl)c2)c(OC)cc1N. The van der Waals surface area contributed by atoms with Crippen LogP contribution in [0.4, 0.5) is 22.7 Å². The molecule has 0 radical (unpaired) electrons. The average molecular weight is 383 g/mol. The number of hydrogen-bond acceptors (Lipinski definition) is 6. The normalized spacial score (nSPS) is 10.8. The fraction of sp³-hybridized carbons (Fsp3) is 0.188. The number of amides is 1. The van der Waals surface area contributed by atoms with Crippen LogP contribution in [0.25, 0.3) is 0 Å². The first kappa shape index (κ1) is 18.8. The predicted octanol–water partition coefficient (Wildman–Crippen LogP) is 4.97. The van der Waals surface area contributed by atoms with E-state index in [9.17, 15) is 4.79 Å². The first-order valence-corrected chi connectivity index (χ1v) is 7.81. The van der Waals surface area contributed by atoms with Gasteiger partial charge in [0.2, 0.25) is 5.91 Å². The van der Waals surface area contributed by atoms with Gasteiger partial charge in [-0.15, -0.1) is 5.11 Å². The van der Waals surface area contributed by atoms with Crippen molar-refractivity contribution in [1.29, 1.82) is 0 Å². The number of nitrogen functional groups attached to an aromatic ring is 1. The number of carbonyl (C=O) groups excluding carboxylic acids is 1. The summed E-state index contributed by atoms with van der Waals surface area (Å²) in [5.41, 5.74) is 7.40. The van der Waals surface area contributed by atoms with Gasteiger partial charge in [0.25, 0.3) is 0 Å². The number of methoxy groups -OCH3 is 2. The lowest BCUT2D eigenvalue weighted by atomic mass is 10.2. The molecule has 0 bridgehead atoms. The second kappa shape index (κ2) is 8.04. The third kappa shape index (κ3) is 4.52. The molecule has 132 valence electrons. The molecule has 0 aliphatic rings. The van der Waals surface area contributed by atoms with Crippen LogP contribution in [0.3, 0.4) is 0 Å². The monoisotopic (exact) mass is 382 g/mol. The highest BCUT2D eigenvalue weighted by atomic mass is 35.5. The van der Waals surface area contributed by atoms with Gasteiger partial charge >= 0.3 is 0 Å². The van der Waals surface area contributed by atoms with Gasteiger partial charge in [-0.25, -0.2) is 0 Å². The van der Waals surface area contributed by atoms with Gasteiger partial charge < -0.3 is 20.5 Å². The van der Waals surface area contributed by atoms with Crippen LogP contribution in [0, 0.1) is 0 Å². The maximum Gasteiger partial charge on any atom is 0.221 e. The molecule has 0 saturated carbocycles. The molecule has 0 aliphatic heterocycles. The lowest BCUT2D eigenvalue weighted by Gasteiger charge is -2.10. The van der Waals surface area contributed by atoms with Crippen LogP contribution >= 0.6 is 23.2 Å². The van der Waals surface area contributed by atoms with Crippen LogP contribution in [0.5, 0.6) is 11.5 Å². The smallest absolute Gasteiger partial charge is 0.221 e. The molecule has 0 unspecified atom stereocenters. The topological polar surface area (TPSA) is 98.3 Å². The first-order valence-electron chi connectivity index (χ1n) is 7.05. The van der Waals surface area contributed by atoms with Gasteiger partial charge in [0.1, 0.15) is 17.2 Å². The maximum absolute atomic E-state index is 11.2. The van der Waals surface area contributed by atoms with E-state index in [1.54, 1.807) is 12.1 Å². The van der Waals surface area contributed by atoms with Gasteiger partial charge in [0, 0.05) is 19.1 Å². The summed E-state index contributed by atoms with van der Waals surface area (Å²) in [5, 5.41) is 11.3. The molecule has 2 rings (SSSR count). The number of hydrogen-bond donors (Lipinski definition) is 2. The van der Waals surface area contributed by atoms with Crippen molar-refractivity contribution in [3.8, 4) is 11.5 Å². The Balaban J connectivity index is 2.38. The average Bonchev–Trinajstić information content (AvgIpc) is 2.56. The minimum atomic E-state index is -0.281. The van der Waals surface area contributed by atoms with Gasteiger partial charge in [0.05, 0.1) is 41.3 Å². The summed E-state index contributed by atoms with van der Waals surface area (Å²) in [7, 11) is 3.00. The molecule has 0 aromatic heterocycles. The first-order chi connectivity index (χ1) is 11.8. The minimum absolute atomic E-state index is 0.249. The summed E-state index contributed by atoms with van der Waals surface area (Å²) in [6.07, 6.45) is 0. The highest BCUT2D eigenvalue weighted by molar-refractivity contribution is 6.40. The van der Waals surface area contributed by atoms with Crippen molar-refractivity contribution < 1.29 is 14.3 Å². The van der Waals surface area contributed by atoms with E-state index in [0.29, 0.717) is 34.2 Å². The predicted molar refractivity (Wildman–Crippen MR) is 98.9 cm³/mol.